The maximum atomic E-state index is 12.7. The summed E-state index contributed by atoms with van der Waals surface area (Å²) in [5.74, 6) is -0.403. The van der Waals surface area contributed by atoms with Gasteiger partial charge < -0.3 is 10.5 Å². The minimum Gasteiger partial charge on any atom is -0.495 e. The van der Waals surface area contributed by atoms with Crippen LogP contribution in [0.3, 0.4) is 0 Å². The van der Waals surface area contributed by atoms with E-state index in [1.54, 1.807) is 35.7 Å². The molecule has 0 aliphatic carbocycles. The van der Waals surface area contributed by atoms with Crippen molar-refractivity contribution in [2.75, 3.05) is 18.0 Å². The van der Waals surface area contributed by atoms with Gasteiger partial charge in [-0.2, -0.15) is 0 Å². The number of para-hydroxylation sites is 2. The number of carbonyl (C=O) groups excluding carboxylic acids is 1. The van der Waals surface area contributed by atoms with Crippen LogP contribution in [0.4, 0.5) is 5.69 Å². The maximum absolute atomic E-state index is 12.7. The Balaban J connectivity index is 2.56. The standard InChI is InChI=1S/C13H14N2O4S2/c1-19-11-6-3-2-5-10(11)15(9-12(14)16)21(17,18)13-7-4-8-20-13/h2-8H,9H2,1H3,(H2,14,16). The van der Waals surface area contributed by atoms with E-state index in [0.29, 0.717) is 5.75 Å². The molecule has 0 bridgehead atoms. The molecule has 112 valence electrons. The minimum atomic E-state index is -3.87. The van der Waals surface area contributed by atoms with Crippen molar-refractivity contribution in [1.29, 1.82) is 0 Å². The second-order valence-electron chi connectivity index (χ2n) is 4.08. The van der Waals surface area contributed by atoms with E-state index in [2.05, 4.69) is 0 Å². The van der Waals surface area contributed by atoms with Crippen molar-refractivity contribution in [2.45, 2.75) is 4.21 Å². The molecule has 1 heterocycles. The predicted molar refractivity (Wildman–Crippen MR) is 81.0 cm³/mol. The number of hydrogen-bond donors (Lipinski definition) is 1. The zero-order valence-electron chi connectivity index (χ0n) is 11.2. The Morgan fingerprint density at radius 2 is 2.00 bits per heavy atom. The van der Waals surface area contributed by atoms with Crippen molar-refractivity contribution in [1.82, 2.24) is 0 Å². The highest BCUT2D eigenvalue weighted by Crippen LogP contribution is 2.33. The molecule has 21 heavy (non-hydrogen) atoms. The summed E-state index contributed by atoms with van der Waals surface area (Å²) in [7, 11) is -2.44. The zero-order valence-corrected chi connectivity index (χ0v) is 12.9. The first kappa shape index (κ1) is 15.3. The van der Waals surface area contributed by atoms with Gasteiger partial charge in [0.15, 0.2) is 0 Å². The van der Waals surface area contributed by atoms with Crippen molar-refractivity contribution >= 4 is 33.0 Å². The fourth-order valence-electron chi connectivity index (χ4n) is 1.80. The average Bonchev–Trinajstić information content (AvgIpc) is 2.99. The summed E-state index contributed by atoms with van der Waals surface area (Å²) in [6, 6.07) is 9.66. The smallest absolute Gasteiger partial charge is 0.274 e. The van der Waals surface area contributed by atoms with E-state index >= 15 is 0 Å². The number of hydrogen-bond acceptors (Lipinski definition) is 5. The fourth-order valence-corrected chi connectivity index (χ4v) is 4.34. The van der Waals surface area contributed by atoms with Crippen LogP contribution in [-0.4, -0.2) is 28.0 Å². The van der Waals surface area contributed by atoms with E-state index in [4.69, 9.17) is 10.5 Å². The lowest BCUT2D eigenvalue weighted by atomic mass is 10.3. The van der Waals surface area contributed by atoms with Crippen LogP contribution >= 0.6 is 11.3 Å². The fraction of sp³-hybridized carbons (Fsp3) is 0.154. The van der Waals surface area contributed by atoms with Gasteiger partial charge in [-0.3, -0.25) is 9.10 Å². The third kappa shape index (κ3) is 3.17. The number of ether oxygens (including phenoxy) is 1. The summed E-state index contributed by atoms with van der Waals surface area (Å²) in [4.78, 5) is 11.3. The molecule has 0 radical (unpaired) electrons. The van der Waals surface area contributed by atoms with Gasteiger partial charge in [-0.05, 0) is 23.6 Å². The molecule has 0 atom stereocenters. The summed E-state index contributed by atoms with van der Waals surface area (Å²) in [5.41, 5.74) is 5.46. The molecular formula is C13H14N2O4S2. The normalized spacial score (nSPS) is 11.1. The predicted octanol–water partition coefficient (Wildman–Crippen LogP) is 1.44. The largest absolute Gasteiger partial charge is 0.495 e. The molecule has 1 aromatic heterocycles. The Labute approximate surface area is 126 Å². The van der Waals surface area contributed by atoms with Crippen molar-refractivity contribution in [3.8, 4) is 5.75 Å². The van der Waals surface area contributed by atoms with E-state index in [1.807, 2.05) is 0 Å². The van der Waals surface area contributed by atoms with Crippen molar-refractivity contribution in [3.63, 3.8) is 0 Å². The summed E-state index contributed by atoms with van der Waals surface area (Å²) in [6.07, 6.45) is 0. The number of nitrogens with zero attached hydrogens (tertiary/aromatic N) is 1. The van der Waals surface area contributed by atoms with Gasteiger partial charge >= 0.3 is 0 Å². The Kier molecular flexibility index (Phi) is 4.49. The molecule has 1 aromatic carbocycles. The van der Waals surface area contributed by atoms with E-state index in [-0.39, 0.29) is 9.90 Å². The second-order valence-corrected chi connectivity index (χ2v) is 7.12. The number of benzene rings is 1. The highest BCUT2D eigenvalue weighted by Gasteiger charge is 2.29. The third-order valence-electron chi connectivity index (χ3n) is 2.69. The van der Waals surface area contributed by atoms with Crippen LogP contribution in [0.1, 0.15) is 0 Å². The number of nitrogens with two attached hydrogens (primary N) is 1. The Morgan fingerprint density at radius 1 is 1.29 bits per heavy atom. The van der Waals surface area contributed by atoms with Gasteiger partial charge in [-0.15, -0.1) is 11.3 Å². The van der Waals surface area contributed by atoms with Gasteiger partial charge in [0.25, 0.3) is 10.0 Å². The van der Waals surface area contributed by atoms with Gasteiger partial charge in [-0.1, -0.05) is 18.2 Å². The lowest BCUT2D eigenvalue weighted by molar-refractivity contribution is -0.116. The number of anilines is 1. The highest BCUT2D eigenvalue weighted by molar-refractivity contribution is 7.94. The summed E-state index contributed by atoms with van der Waals surface area (Å²) >= 11 is 1.07. The maximum Gasteiger partial charge on any atom is 0.274 e. The van der Waals surface area contributed by atoms with Crippen molar-refractivity contribution in [3.05, 3.63) is 41.8 Å². The lowest BCUT2D eigenvalue weighted by Crippen LogP contribution is -2.38. The third-order valence-corrected chi connectivity index (χ3v) is 5.83. The van der Waals surface area contributed by atoms with Crippen LogP contribution in [0.2, 0.25) is 0 Å². The van der Waals surface area contributed by atoms with Crippen molar-refractivity contribution < 1.29 is 17.9 Å². The minimum absolute atomic E-state index is 0.134. The molecule has 2 rings (SSSR count). The number of carbonyl (C=O) groups is 1. The molecule has 0 spiro atoms. The van der Waals surface area contributed by atoms with Crippen LogP contribution in [0.25, 0.3) is 0 Å². The molecule has 0 unspecified atom stereocenters. The number of amides is 1. The molecule has 0 saturated carbocycles. The summed E-state index contributed by atoms with van der Waals surface area (Å²) < 4.78 is 31.6. The van der Waals surface area contributed by atoms with E-state index in [9.17, 15) is 13.2 Å². The Hall–Kier alpha value is -2.06. The first-order valence-electron chi connectivity index (χ1n) is 5.94. The number of methoxy groups -OCH3 is 1. The monoisotopic (exact) mass is 326 g/mol. The van der Waals surface area contributed by atoms with Crippen LogP contribution in [-0.2, 0) is 14.8 Å². The summed E-state index contributed by atoms with van der Waals surface area (Å²) in [6.45, 7) is -0.458. The van der Waals surface area contributed by atoms with Crippen LogP contribution in [0.15, 0.2) is 46.0 Å². The molecule has 1 amide bonds. The molecule has 2 aromatic rings. The zero-order chi connectivity index (χ0) is 15.5. The Morgan fingerprint density at radius 3 is 2.57 bits per heavy atom. The van der Waals surface area contributed by atoms with Crippen molar-refractivity contribution in [2.24, 2.45) is 5.73 Å². The van der Waals surface area contributed by atoms with E-state index < -0.39 is 22.5 Å². The highest BCUT2D eigenvalue weighted by atomic mass is 32.2. The molecule has 0 saturated heterocycles. The Bertz CT molecular complexity index is 726. The van der Waals surface area contributed by atoms with Crippen LogP contribution < -0.4 is 14.8 Å². The lowest BCUT2D eigenvalue weighted by Gasteiger charge is -2.23. The quantitative estimate of drug-likeness (QED) is 0.869. The number of rotatable bonds is 6. The number of primary amides is 1. The molecule has 0 aliphatic heterocycles. The van der Waals surface area contributed by atoms with E-state index in [1.165, 1.54) is 13.2 Å². The van der Waals surface area contributed by atoms with E-state index in [0.717, 1.165) is 15.6 Å². The van der Waals surface area contributed by atoms with Crippen LogP contribution in [0.5, 0.6) is 5.75 Å². The summed E-state index contributed by atoms with van der Waals surface area (Å²) in [5, 5.41) is 1.65. The number of sulfonamides is 1. The van der Waals surface area contributed by atoms with Crippen LogP contribution in [0, 0.1) is 0 Å². The van der Waals surface area contributed by atoms with Gasteiger partial charge in [0.1, 0.15) is 16.5 Å². The first-order valence-corrected chi connectivity index (χ1v) is 8.26. The molecule has 0 fully saturated rings. The molecule has 0 aliphatic rings. The molecule has 8 heteroatoms. The van der Waals surface area contributed by atoms with Gasteiger partial charge in [-0.25, -0.2) is 8.42 Å². The first-order chi connectivity index (χ1) is 9.96. The molecular weight excluding hydrogens is 312 g/mol. The molecule has 2 N–H and O–H groups in total. The van der Waals surface area contributed by atoms with Gasteiger partial charge in [0.05, 0.1) is 12.8 Å². The van der Waals surface area contributed by atoms with Gasteiger partial charge in [0, 0.05) is 0 Å². The average molecular weight is 326 g/mol. The SMILES string of the molecule is COc1ccccc1N(CC(N)=O)S(=O)(=O)c1cccs1. The topological polar surface area (TPSA) is 89.7 Å². The number of thiophene rings is 1. The second kappa shape index (κ2) is 6.15. The van der Waals surface area contributed by atoms with Gasteiger partial charge in [0.2, 0.25) is 5.91 Å². The molecule has 6 nitrogen and oxygen atoms in total.